The molecule has 2 amide bonds. The van der Waals surface area contributed by atoms with Crippen LogP contribution in [0.25, 0.3) is 0 Å². The van der Waals surface area contributed by atoms with Crippen LogP contribution >= 0.6 is 11.8 Å². The summed E-state index contributed by atoms with van der Waals surface area (Å²) in [6, 6.07) is 11.8. The van der Waals surface area contributed by atoms with Crippen LogP contribution in [0.3, 0.4) is 0 Å². The van der Waals surface area contributed by atoms with Crippen LogP contribution in [0.1, 0.15) is 57.2 Å². The van der Waals surface area contributed by atoms with Crippen LogP contribution in [0.4, 0.5) is 0 Å². The summed E-state index contributed by atoms with van der Waals surface area (Å²) < 4.78 is 4.82. The molecule has 0 spiro atoms. The molecule has 2 saturated heterocycles. The highest BCUT2D eigenvalue weighted by molar-refractivity contribution is 8.01. The Morgan fingerprint density at radius 2 is 1.63 bits per heavy atom. The molecule has 3 unspecified atom stereocenters. The molecule has 4 atom stereocenters. The monoisotopic (exact) mass is 583 g/mol. The lowest BCUT2D eigenvalue weighted by Crippen LogP contribution is -2.71. The number of rotatable bonds is 9. The van der Waals surface area contributed by atoms with Crippen molar-refractivity contribution >= 4 is 35.5 Å². The fourth-order valence-corrected chi connectivity index (χ4v) is 6.67. The summed E-state index contributed by atoms with van der Waals surface area (Å²) in [7, 11) is 0. The van der Waals surface area contributed by atoms with Gasteiger partial charge in [-0.2, -0.15) is 0 Å². The van der Waals surface area contributed by atoms with E-state index in [9.17, 15) is 24.3 Å². The summed E-state index contributed by atoms with van der Waals surface area (Å²) in [6.45, 7) is 17.5. The average molecular weight is 584 g/mol. The molecule has 0 saturated carbocycles. The van der Waals surface area contributed by atoms with Gasteiger partial charge in [-0.25, -0.2) is 4.79 Å². The SMILES string of the molecule is CCN(CC)CC.Cc1ccc(OC(=O)C(C(=O)NC2C(=O)N3C(C(=O)O)C(C)(C)S[C@@H]23)c2ccccc2)cc1C. The second-order valence-corrected chi connectivity index (χ2v) is 12.5. The Balaban J connectivity index is 0.000000587. The summed E-state index contributed by atoms with van der Waals surface area (Å²) in [4.78, 5) is 54.6. The van der Waals surface area contributed by atoms with Crippen molar-refractivity contribution in [2.45, 2.75) is 76.6 Å². The second kappa shape index (κ2) is 13.5. The van der Waals surface area contributed by atoms with E-state index in [1.165, 1.54) is 36.3 Å². The van der Waals surface area contributed by atoms with Gasteiger partial charge in [-0.3, -0.25) is 14.4 Å². The first-order valence-corrected chi connectivity index (χ1v) is 14.8. The number of carbonyl (C=O) groups excluding carboxylic acids is 3. The number of fused-ring (bicyclic) bond motifs is 1. The molecule has 2 fully saturated rings. The highest BCUT2D eigenvalue weighted by Gasteiger charge is 2.64. The molecule has 4 rings (SSSR count). The van der Waals surface area contributed by atoms with Crippen molar-refractivity contribution in [3.05, 3.63) is 65.2 Å². The van der Waals surface area contributed by atoms with Crippen LogP contribution in [0, 0.1) is 13.8 Å². The summed E-state index contributed by atoms with van der Waals surface area (Å²) in [5, 5.41) is 11.7. The summed E-state index contributed by atoms with van der Waals surface area (Å²) in [5.41, 5.74) is 2.42. The first-order valence-electron chi connectivity index (χ1n) is 14.0. The van der Waals surface area contributed by atoms with Gasteiger partial charge >= 0.3 is 11.9 Å². The standard InChI is InChI=1S/C25H26N2O6S.C6H15N/c1-13-10-11-16(12-14(13)2)33-24(32)17(15-8-6-5-7-9-15)20(28)26-18-21(29)27-19(23(30)31)25(3,4)34-22(18)27;1-4-7(5-2)6-3/h5-12,17-19,22H,1-4H3,(H,26,28)(H,30,31);4-6H2,1-3H3/t17?,18?,19?,22-;/m0./s1. The normalized spacial score (nSPS) is 21.2. The minimum Gasteiger partial charge on any atom is -0.480 e. The first kappa shape index (κ1) is 32.1. The molecule has 0 aromatic heterocycles. The van der Waals surface area contributed by atoms with Crippen molar-refractivity contribution in [3.8, 4) is 5.75 Å². The third-order valence-corrected chi connectivity index (χ3v) is 9.21. The van der Waals surface area contributed by atoms with Crippen LogP contribution in [0.5, 0.6) is 5.75 Å². The first-order chi connectivity index (χ1) is 19.4. The fraction of sp³-hybridized carbons (Fsp3) is 0.484. The van der Waals surface area contributed by atoms with Gasteiger partial charge in [-0.1, -0.05) is 57.2 Å². The number of benzene rings is 2. The van der Waals surface area contributed by atoms with E-state index in [0.29, 0.717) is 11.3 Å². The fourth-order valence-electron chi connectivity index (χ4n) is 5.05. The van der Waals surface area contributed by atoms with E-state index in [0.717, 1.165) is 11.1 Å². The molecule has 10 heteroatoms. The van der Waals surface area contributed by atoms with Gasteiger partial charge in [0.2, 0.25) is 11.8 Å². The zero-order valence-corrected chi connectivity index (χ0v) is 25.7. The summed E-state index contributed by atoms with van der Waals surface area (Å²) >= 11 is 1.32. The predicted molar refractivity (Wildman–Crippen MR) is 160 cm³/mol. The maximum atomic E-state index is 13.3. The van der Waals surface area contributed by atoms with Gasteiger partial charge in [-0.05, 0) is 76.2 Å². The molecular weight excluding hydrogens is 542 g/mol. The predicted octanol–water partition coefficient (Wildman–Crippen LogP) is 3.97. The Morgan fingerprint density at radius 1 is 1.02 bits per heavy atom. The van der Waals surface area contributed by atoms with E-state index in [1.807, 2.05) is 19.9 Å². The van der Waals surface area contributed by atoms with Crippen molar-refractivity contribution in [1.82, 2.24) is 15.1 Å². The zero-order chi connectivity index (χ0) is 30.5. The van der Waals surface area contributed by atoms with E-state index in [2.05, 4.69) is 31.0 Å². The number of carboxylic acid groups (broad SMARTS) is 1. The number of aryl methyl sites for hydroxylation is 2. The summed E-state index contributed by atoms with van der Waals surface area (Å²) in [5.74, 6) is -3.96. The minimum absolute atomic E-state index is 0.324. The molecule has 41 heavy (non-hydrogen) atoms. The maximum Gasteiger partial charge on any atom is 0.328 e. The van der Waals surface area contributed by atoms with Crippen molar-refractivity contribution in [1.29, 1.82) is 0 Å². The Morgan fingerprint density at radius 3 is 2.15 bits per heavy atom. The molecule has 0 radical (unpaired) electrons. The van der Waals surface area contributed by atoms with Gasteiger partial charge in [-0.15, -0.1) is 11.8 Å². The van der Waals surface area contributed by atoms with Crippen molar-refractivity contribution in [2.24, 2.45) is 0 Å². The lowest BCUT2D eigenvalue weighted by molar-refractivity contribution is -0.161. The molecule has 2 aromatic carbocycles. The number of carbonyl (C=O) groups is 4. The number of amides is 2. The molecular formula is C31H41N3O6S. The zero-order valence-electron chi connectivity index (χ0n) is 24.8. The van der Waals surface area contributed by atoms with Gasteiger partial charge in [0, 0.05) is 4.75 Å². The highest BCUT2D eigenvalue weighted by Crippen LogP contribution is 2.50. The Bertz CT molecular complexity index is 1260. The Kier molecular flexibility index (Phi) is 10.6. The molecule has 2 aliphatic heterocycles. The van der Waals surface area contributed by atoms with Gasteiger partial charge in [0.1, 0.15) is 23.2 Å². The Labute approximate surface area is 246 Å². The van der Waals surface area contributed by atoms with Crippen LogP contribution < -0.4 is 10.1 Å². The number of ether oxygens (including phenoxy) is 1. The lowest BCUT2D eigenvalue weighted by atomic mass is 9.94. The number of β-lactam (4-membered cyclic amide) rings is 1. The molecule has 2 aliphatic rings. The summed E-state index contributed by atoms with van der Waals surface area (Å²) in [6.07, 6.45) is 0. The van der Waals surface area contributed by atoms with Gasteiger partial charge in [0.25, 0.3) is 0 Å². The number of hydrogen-bond acceptors (Lipinski definition) is 7. The number of carboxylic acids is 1. The van der Waals surface area contributed by atoms with E-state index >= 15 is 0 Å². The molecule has 0 bridgehead atoms. The molecule has 2 heterocycles. The van der Waals surface area contributed by atoms with Gasteiger partial charge in [0.15, 0.2) is 5.92 Å². The van der Waals surface area contributed by atoms with Gasteiger partial charge in [0.05, 0.1) is 0 Å². The minimum atomic E-state index is -1.29. The Hall–Kier alpha value is -3.37. The molecule has 2 N–H and O–H groups in total. The largest absolute Gasteiger partial charge is 0.480 e. The van der Waals surface area contributed by atoms with Crippen LogP contribution in [-0.2, 0) is 19.2 Å². The maximum absolute atomic E-state index is 13.3. The number of esters is 1. The van der Waals surface area contributed by atoms with Crippen molar-refractivity contribution in [2.75, 3.05) is 19.6 Å². The van der Waals surface area contributed by atoms with Crippen molar-refractivity contribution in [3.63, 3.8) is 0 Å². The number of aliphatic carboxylic acids is 1. The lowest BCUT2D eigenvalue weighted by Gasteiger charge is -2.43. The third-order valence-electron chi connectivity index (χ3n) is 7.64. The number of hydrogen-bond donors (Lipinski definition) is 2. The number of thioether (sulfide) groups is 1. The van der Waals surface area contributed by atoms with Gasteiger partial charge < -0.3 is 25.0 Å². The highest BCUT2D eigenvalue weighted by atomic mass is 32.2. The molecule has 0 aliphatic carbocycles. The van der Waals surface area contributed by atoms with E-state index in [4.69, 9.17) is 4.74 Å². The smallest absolute Gasteiger partial charge is 0.328 e. The number of nitrogens with zero attached hydrogens (tertiary/aromatic N) is 2. The molecule has 9 nitrogen and oxygen atoms in total. The number of nitrogens with one attached hydrogen (secondary N) is 1. The quantitative estimate of drug-likeness (QED) is 0.197. The average Bonchev–Trinajstić information content (AvgIpc) is 3.19. The third kappa shape index (κ3) is 7.11. The van der Waals surface area contributed by atoms with E-state index in [-0.39, 0.29) is 0 Å². The van der Waals surface area contributed by atoms with E-state index in [1.54, 1.807) is 56.3 Å². The van der Waals surface area contributed by atoms with Crippen LogP contribution in [-0.4, -0.2) is 80.5 Å². The molecule has 2 aromatic rings. The molecule has 222 valence electrons. The van der Waals surface area contributed by atoms with Crippen LogP contribution in [0.2, 0.25) is 0 Å². The second-order valence-electron chi connectivity index (χ2n) is 10.7. The van der Waals surface area contributed by atoms with Crippen LogP contribution in [0.15, 0.2) is 48.5 Å². The van der Waals surface area contributed by atoms with E-state index < -0.39 is 51.9 Å². The van der Waals surface area contributed by atoms with Crippen molar-refractivity contribution < 1.29 is 29.0 Å². The topological polar surface area (TPSA) is 116 Å².